The molecule has 0 saturated carbocycles. The van der Waals surface area contributed by atoms with Crippen molar-refractivity contribution < 1.29 is 37.1 Å². The molecule has 13 nitrogen and oxygen atoms in total. The summed E-state index contributed by atoms with van der Waals surface area (Å²) in [6, 6.07) is 9.42. The van der Waals surface area contributed by atoms with Gasteiger partial charge < -0.3 is 24.3 Å². The minimum atomic E-state index is -0.839. The van der Waals surface area contributed by atoms with Gasteiger partial charge in [0.2, 0.25) is 11.8 Å². The zero-order chi connectivity index (χ0) is 46.6. The molecule has 2 atom stereocenters. The Morgan fingerprint density at radius 2 is 1.74 bits per heavy atom. The zero-order valence-electron chi connectivity index (χ0n) is 36.3. The lowest BCUT2D eigenvalue weighted by Gasteiger charge is -2.41. The Bertz CT molecular complexity index is 2620. The number of fused-ring (bicyclic) bond motifs is 2. The molecule has 3 saturated heterocycles. The predicted octanol–water partition coefficient (Wildman–Crippen LogP) is 8.02. The van der Waals surface area contributed by atoms with Crippen LogP contribution in [0.4, 0.5) is 19.0 Å². The minimum Gasteiger partial charge on any atom is -0.493 e. The predicted molar refractivity (Wildman–Crippen MR) is 242 cm³/mol. The van der Waals surface area contributed by atoms with E-state index in [1.807, 2.05) is 4.90 Å². The summed E-state index contributed by atoms with van der Waals surface area (Å²) < 4.78 is 53.1. The maximum Gasteiger partial charge on any atom is 0.265 e. The van der Waals surface area contributed by atoms with E-state index in [0.717, 1.165) is 69.3 Å². The molecule has 0 radical (unpaired) electrons. The molecule has 0 bridgehead atoms. The van der Waals surface area contributed by atoms with Crippen LogP contribution >= 0.6 is 23.2 Å². The van der Waals surface area contributed by atoms with Crippen LogP contribution in [-0.2, 0) is 20.9 Å². The van der Waals surface area contributed by atoms with Crippen molar-refractivity contribution in [3.8, 4) is 22.9 Å². The van der Waals surface area contributed by atoms with E-state index in [-0.39, 0.29) is 101 Å². The van der Waals surface area contributed by atoms with Gasteiger partial charge >= 0.3 is 0 Å². The maximum atomic E-state index is 16.6. The second kappa shape index (κ2) is 20.4. The summed E-state index contributed by atoms with van der Waals surface area (Å²) in [6.07, 6.45) is 7.81. The van der Waals surface area contributed by atoms with Crippen LogP contribution in [0.25, 0.3) is 22.0 Å². The van der Waals surface area contributed by atoms with Gasteiger partial charge in [-0.05, 0) is 99.1 Å². The highest BCUT2D eigenvalue weighted by Gasteiger charge is 2.41. The van der Waals surface area contributed by atoms with Gasteiger partial charge in [-0.15, -0.1) is 0 Å². The number of likely N-dealkylation sites (tertiary alicyclic amines) is 1. The van der Waals surface area contributed by atoms with Gasteiger partial charge in [0.25, 0.3) is 11.8 Å². The molecule has 18 heteroatoms. The van der Waals surface area contributed by atoms with Crippen LogP contribution in [0.15, 0.2) is 54.3 Å². The highest BCUT2D eigenvalue weighted by Crippen LogP contribution is 2.43. The topological polar surface area (TPSA) is 152 Å². The summed E-state index contributed by atoms with van der Waals surface area (Å²) in [7, 11) is 0. The molecule has 5 heterocycles. The normalized spacial score (nSPS) is 19.3. The maximum absolute atomic E-state index is 16.6. The van der Waals surface area contributed by atoms with Crippen LogP contribution in [-0.4, -0.2) is 106 Å². The number of hydrogen-bond donors (Lipinski definition) is 1. The lowest BCUT2D eigenvalue weighted by atomic mass is 9.85. The van der Waals surface area contributed by atoms with Gasteiger partial charge in [-0.1, -0.05) is 55.1 Å². The van der Waals surface area contributed by atoms with Gasteiger partial charge in [-0.2, -0.15) is 5.26 Å². The number of rotatable bonds is 15. The number of halogens is 5. The summed E-state index contributed by atoms with van der Waals surface area (Å²) in [6.45, 7) is 7.38. The van der Waals surface area contributed by atoms with Crippen molar-refractivity contribution in [2.45, 2.75) is 88.8 Å². The van der Waals surface area contributed by atoms with E-state index in [9.17, 15) is 28.8 Å². The number of piperazine rings is 1. The van der Waals surface area contributed by atoms with Crippen molar-refractivity contribution in [3.63, 3.8) is 0 Å². The average Bonchev–Trinajstić information content (AvgIpc) is 3.62. The molecule has 1 aromatic heterocycles. The van der Waals surface area contributed by atoms with E-state index >= 15 is 8.78 Å². The fourth-order valence-corrected chi connectivity index (χ4v) is 10.2. The molecule has 8 rings (SSSR count). The summed E-state index contributed by atoms with van der Waals surface area (Å²) in [4.78, 5) is 66.1. The van der Waals surface area contributed by atoms with Gasteiger partial charge in [-0.25, -0.2) is 23.1 Å². The Balaban J connectivity index is 0.817. The molecule has 0 spiro atoms. The molecule has 3 aromatic carbocycles. The molecule has 3 fully saturated rings. The fourth-order valence-electron chi connectivity index (χ4n) is 9.85. The zero-order valence-corrected chi connectivity index (χ0v) is 37.8. The third-order valence-corrected chi connectivity index (χ3v) is 13.6. The Morgan fingerprint density at radius 1 is 0.970 bits per heavy atom. The molecule has 346 valence electrons. The summed E-state index contributed by atoms with van der Waals surface area (Å²) in [5.41, 5.74) is 1.55. The number of aromatic nitrogens is 2. The van der Waals surface area contributed by atoms with Crippen LogP contribution in [0, 0.1) is 28.8 Å². The minimum absolute atomic E-state index is 0.0272. The Kier molecular flexibility index (Phi) is 14.5. The number of anilines is 1. The van der Waals surface area contributed by atoms with E-state index in [4.69, 9.17) is 27.9 Å². The first-order valence-corrected chi connectivity index (χ1v) is 23.1. The molecule has 66 heavy (non-hydrogen) atoms. The molecular formula is C48H49Cl2F3N8O5. The third-order valence-electron chi connectivity index (χ3n) is 13.2. The first kappa shape index (κ1) is 46.8. The number of piperidine rings is 2. The average molecular weight is 946 g/mol. The Morgan fingerprint density at radius 3 is 2.50 bits per heavy atom. The van der Waals surface area contributed by atoms with E-state index in [0.29, 0.717) is 24.3 Å². The lowest BCUT2D eigenvalue weighted by Crippen LogP contribution is -2.55. The Labute approximate surface area is 390 Å². The van der Waals surface area contributed by atoms with Crippen LogP contribution in [0.2, 0.25) is 5.02 Å². The van der Waals surface area contributed by atoms with Crippen LogP contribution in [0.3, 0.4) is 0 Å². The van der Waals surface area contributed by atoms with Crippen molar-refractivity contribution in [2.24, 2.45) is 0 Å². The van der Waals surface area contributed by atoms with E-state index < -0.39 is 41.3 Å². The number of carbonyl (C=O) groups excluding carboxylic acids is 4. The van der Waals surface area contributed by atoms with Gasteiger partial charge in [0, 0.05) is 49.1 Å². The molecule has 1 unspecified atom stereocenters. The van der Waals surface area contributed by atoms with Crippen molar-refractivity contribution in [2.75, 3.05) is 50.8 Å². The smallest absolute Gasteiger partial charge is 0.265 e. The first-order chi connectivity index (χ1) is 31.8. The molecule has 0 aliphatic carbocycles. The van der Waals surface area contributed by atoms with E-state index in [1.165, 1.54) is 46.5 Å². The lowest BCUT2D eigenvalue weighted by molar-refractivity contribution is -0.137. The van der Waals surface area contributed by atoms with Gasteiger partial charge in [-0.3, -0.25) is 24.5 Å². The number of imide groups is 1. The quantitative estimate of drug-likeness (QED) is 0.0705. The SMILES string of the molecule is C=C(Cl)C(=O)N1CCN(c2ncnc3c(F)c(-c4c(F)cccc4OCCCCCCCN4CCC(c5cc(F)cc6c5CN(C5CCC(=O)NC5=O)C6=O)CC4)c(Cl)cc23)C[C@@H]1CC#N. The van der Waals surface area contributed by atoms with Gasteiger partial charge in [0.15, 0.2) is 5.82 Å². The van der Waals surface area contributed by atoms with Crippen LogP contribution in [0.5, 0.6) is 5.75 Å². The van der Waals surface area contributed by atoms with E-state index in [1.54, 1.807) is 6.07 Å². The molecular weight excluding hydrogens is 896 g/mol. The van der Waals surface area contributed by atoms with Gasteiger partial charge in [0.05, 0.1) is 40.8 Å². The van der Waals surface area contributed by atoms with Crippen molar-refractivity contribution in [3.05, 3.63) is 93.5 Å². The summed E-state index contributed by atoms with van der Waals surface area (Å²) in [5, 5.41) is 11.8. The Hall–Kier alpha value is -5.76. The van der Waals surface area contributed by atoms with Crippen LogP contribution < -0.4 is 15.0 Å². The monoisotopic (exact) mass is 944 g/mol. The highest BCUT2D eigenvalue weighted by atomic mass is 35.5. The van der Waals surface area contributed by atoms with Crippen LogP contribution in [0.1, 0.15) is 91.6 Å². The number of nitrogens with zero attached hydrogens (tertiary/aromatic N) is 7. The largest absolute Gasteiger partial charge is 0.493 e. The number of ether oxygens (including phenoxy) is 1. The standard InChI is InChI=1S/C48H49Cl2F3N8O5/c1-28(49)47(64)60-20-19-59(25-31(60)12-15-54)45-34-24-36(50)41(43(53)44(34)55-27-56-45)42-37(52)8-7-9-39(42)66-21-6-4-2-3-5-16-58-17-13-29(14-18-58)32-22-30(51)23-33-35(32)26-61(48(33)65)38-10-11-40(62)57-46(38)63/h7-9,22-24,27,29,31,38H,1-6,10-14,16-21,25-26H2,(H,57,62,63)/t31-,38?/m0/s1. The first-order valence-electron chi connectivity index (χ1n) is 22.4. The number of nitriles is 1. The molecule has 1 N–H and O–H groups in total. The number of carbonyl (C=O) groups is 4. The van der Waals surface area contributed by atoms with E-state index in [2.05, 4.69) is 32.8 Å². The second-order valence-corrected chi connectivity index (χ2v) is 18.1. The van der Waals surface area contributed by atoms with Crippen molar-refractivity contribution >= 4 is 63.6 Å². The third kappa shape index (κ3) is 9.70. The number of benzene rings is 3. The molecule has 4 amide bonds. The number of nitrogens with one attached hydrogen (secondary N) is 1. The number of amides is 4. The molecule has 4 aliphatic rings. The highest BCUT2D eigenvalue weighted by molar-refractivity contribution is 6.41. The molecule has 4 aromatic rings. The number of unbranched alkanes of at least 4 members (excludes halogenated alkanes) is 4. The second-order valence-electron chi connectivity index (χ2n) is 17.3. The fraction of sp³-hybridized carbons (Fsp3) is 0.438. The van der Waals surface area contributed by atoms with Crippen molar-refractivity contribution in [1.29, 1.82) is 5.26 Å². The number of hydrogen-bond acceptors (Lipinski definition) is 10. The summed E-state index contributed by atoms with van der Waals surface area (Å²) in [5.74, 6) is -3.10. The van der Waals surface area contributed by atoms with Gasteiger partial charge in [0.1, 0.15) is 41.1 Å². The van der Waals surface area contributed by atoms with Crippen molar-refractivity contribution in [1.82, 2.24) is 30.0 Å². The molecule has 4 aliphatic heterocycles. The summed E-state index contributed by atoms with van der Waals surface area (Å²) >= 11 is 12.7.